The third-order valence-corrected chi connectivity index (χ3v) is 6.12. The van der Waals surface area contributed by atoms with E-state index in [1.807, 2.05) is 50.2 Å². The lowest BCUT2D eigenvalue weighted by molar-refractivity contribution is 0.0475. The molecule has 1 unspecified atom stereocenters. The topological polar surface area (TPSA) is 70.2 Å². The van der Waals surface area contributed by atoms with Crippen molar-refractivity contribution in [2.24, 2.45) is 0 Å². The highest BCUT2D eigenvalue weighted by Gasteiger charge is 2.38. The SMILES string of the molecule is CCN(Cc1ccc(N(C)C)cc1)C(=O)c1ccc2c(c1)C(=O)N(CC1CCCO1)C2=O. The van der Waals surface area contributed by atoms with E-state index in [0.717, 1.165) is 24.1 Å². The van der Waals surface area contributed by atoms with Crippen LogP contribution < -0.4 is 4.90 Å². The Kier molecular flexibility index (Phi) is 6.28. The molecule has 2 aliphatic heterocycles. The number of amides is 3. The molecule has 0 bridgehead atoms. The first-order valence-corrected chi connectivity index (χ1v) is 11.1. The molecule has 1 atom stereocenters. The minimum absolute atomic E-state index is 0.104. The minimum atomic E-state index is -0.350. The Hall–Kier alpha value is -3.19. The van der Waals surface area contributed by atoms with Crippen molar-refractivity contribution in [3.8, 4) is 0 Å². The number of fused-ring (bicyclic) bond motifs is 1. The van der Waals surface area contributed by atoms with Crippen molar-refractivity contribution in [2.75, 3.05) is 38.7 Å². The highest BCUT2D eigenvalue weighted by Crippen LogP contribution is 2.27. The van der Waals surface area contributed by atoms with E-state index in [1.165, 1.54) is 4.90 Å². The van der Waals surface area contributed by atoms with Gasteiger partial charge in [-0.1, -0.05) is 12.1 Å². The summed E-state index contributed by atoms with van der Waals surface area (Å²) < 4.78 is 5.59. The van der Waals surface area contributed by atoms with Gasteiger partial charge in [-0.3, -0.25) is 19.3 Å². The molecular formula is C25H29N3O4. The van der Waals surface area contributed by atoms with Crippen LogP contribution in [-0.4, -0.2) is 67.4 Å². The van der Waals surface area contributed by atoms with Gasteiger partial charge in [-0.25, -0.2) is 0 Å². The van der Waals surface area contributed by atoms with Crippen LogP contribution in [0.15, 0.2) is 42.5 Å². The summed E-state index contributed by atoms with van der Waals surface area (Å²) in [6.07, 6.45) is 1.68. The monoisotopic (exact) mass is 435 g/mol. The molecule has 2 aliphatic rings. The molecule has 1 fully saturated rings. The van der Waals surface area contributed by atoms with Gasteiger partial charge in [-0.15, -0.1) is 0 Å². The Balaban J connectivity index is 1.50. The fourth-order valence-electron chi connectivity index (χ4n) is 4.21. The van der Waals surface area contributed by atoms with Gasteiger partial charge in [-0.05, 0) is 55.7 Å². The van der Waals surface area contributed by atoms with Crippen LogP contribution in [0.3, 0.4) is 0 Å². The molecule has 2 aromatic rings. The number of anilines is 1. The zero-order chi connectivity index (χ0) is 22.8. The second-order valence-corrected chi connectivity index (χ2v) is 8.50. The van der Waals surface area contributed by atoms with Crippen LogP contribution in [-0.2, 0) is 11.3 Å². The maximum absolute atomic E-state index is 13.2. The second kappa shape index (κ2) is 9.12. The average Bonchev–Trinajstić information content (AvgIpc) is 3.40. The van der Waals surface area contributed by atoms with Gasteiger partial charge >= 0.3 is 0 Å². The van der Waals surface area contributed by atoms with E-state index in [0.29, 0.717) is 36.4 Å². The van der Waals surface area contributed by atoms with Crippen LogP contribution in [0, 0.1) is 0 Å². The van der Waals surface area contributed by atoms with Crippen LogP contribution in [0.4, 0.5) is 5.69 Å². The predicted octanol–water partition coefficient (Wildman–Crippen LogP) is 3.19. The number of hydrogen-bond acceptors (Lipinski definition) is 5. The van der Waals surface area contributed by atoms with Crippen molar-refractivity contribution in [3.05, 3.63) is 64.7 Å². The maximum Gasteiger partial charge on any atom is 0.261 e. The molecule has 7 nitrogen and oxygen atoms in total. The summed E-state index contributed by atoms with van der Waals surface area (Å²) in [5.74, 6) is -0.824. The number of hydrogen-bond donors (Lipinski definition) is 0. The lowest BCUT2D eigenvalue weighted by Crippen LogP contribution is -2.36. The summed E-state index contributed by atoms with van der Waals surface area (Å²) in [5, 5.41) is 0. The molecule has 0 aromatic heterocycles. The number of nitrogens with zero attached hydrogens (tertiary/aromatic N) is 3. The predicted molar refractivity (Wildman–Crippen MR) is 122 cm³/mol. The van der Waals surface area contributed by atoms with Gasteiger partial charge in [0.2, 0.25) is 0 Å². The van der Waals surface area contributed by atoms with Crippen LogP contribution in [0.25, 0.3) is 0 Å². The van der Waals surface area contributed by atoms with Gasteiger partial charge in [-0.2, -0.15) is 0 Å². The number of benzene rings is 2. The van der Waals surface area contributed by atoms with Gasteiger partial charge < -0.3 is 14.5 Å². The van der Waals surface area contributed by atoms with Crippen LogP contribution >= 0.6 is 0 Å². The number of rotatable bonds is 7. The lowest BCUT2D eigenvalue weighted by atomic mass is 10.0. The highest BCUT2D eigenvalue weighted by molar-refractivity contribution is 6.22. The summed E-state index contributed by atoms with van der Waals surface area (Å²) in [5.41, 5.74) is 3.19. The van der Waals surface area contributed by atoms with Crippen molar-refractivity contribution >= 4 is 23.4 Å². The molecular weight excluding hydrogens is 406 g/mol. The number of carbonyl (C=O) groups is 3. The molecule has 2 heterocycles. The van der Waals surface area contributed by atoms with E-state index in [2.05, 4.69) is 0 Å². The summed E-state index contributed by atoms with van der Waals surface area (Å²) in [4.78, 5) is 43.8. The average molecular weight is 436 g/mol. The van der Waals surface area contributed by atoms with Crippen molar-refractivity contribution in [1.29, 1.82) is 0 Å². The third-order valence-electron chi connectivity index (χ3n) is 6.12. The van der Waals surface area contributed by atoms with Crippen molar-refractivity contribution in [2.45, 2.75) is 32.4 Å². The first kappa shape index (κ1) is 22.0. The Bertz CT molecular complexity index is 1030. The normalized spacial score (nSPS) is 17.6. The molecule has 0 N–H and O–H groups in total. The summed E-state index contributed by atoms with van der Waals surface area (Å²) in [7, 11) is 3.97. The van der Waals surface area contributed by atoms with Crippen molar-refractivity contribution in [1.82, 2.24) is 9.80 Å². The molecule has 3 amide bonds. The Morgan fingerprint density at radius 3 is 2.41 bits per heavy atom. The lowest BCUT2D eigenvalue weighted by Gasteiger charge is -2.22. The summed E-state index contributed by atoms with van der Waals surface area (Å²) >= 11 is 0. The molecule has 0 spiro atoms. The standard InChI is InChI=1S/C25H29N3O4/c1-4-27(15-17-7-10-19(11-8-17)26(2)3)23(29)18-9-12-21-22(14-18)25(31)28(24(21)30)16-20-6-5-13-32-20/h7-12,14,20H,4-6,13,15-16H2,1-3H3. The van der Waals surface area contributed by atoms with Gasteiger partial charge in [0, 0.05) is 45.0 Å². The smallest absolute Gasteiger partial charge is 0.261 e. The number of carbonyl (C=O) groups excluding carboxylic acids is 3. The van der Waals surface area contributed by atoms with Crippen molar-refractivity contribution < 1.29 is 19.1 Å². The molecule has 32 heavy (non-hydrogen) atoms. The maximum atomic E-state index is 13.2. The van der Waals surface area contributed by atoms with E-state index >= 15 is 0 Å². The Morgan fingerprint density at radius 1 is 1.06 bits per heavy atom. The summed E-state index contributed by atoms with van der Waals surface area (Å²) in [6.45, 7) is 3.86. The first-order valence-electron chi connectivity index (χ1n) is 11.1. The molecule has 1 saturated heterocycles. The van der Waals surface area contributed by atoms with Gasteiger partial charge in [0.1, 0.15) is 0 Å². The zero-order valence-electron chi connectivity index (χ0n) is 18.8. The fourth-order valence-corrected chi connectivity index (χ4v) is 4.21. The Labute approximate surface area is 188 Å². The third kappa shape index (κ3) is 4.25. The fraction of sp³-hybridized carbons (Fsp3) is 0.400. The second-order valence-electron chi connectivity index (χ2n) is 8.50. The number of ether oxygens (including phenoxy) is 1. The molecule has 0 radical (unpaired) electrons. The van der Waals surface area contributed by atoms with Gasteiger partial charge in [0.25, 0.3) is 17.7 Å². The van der Waals surface area contributed by atoms with Crippen LogP contribution in [0.2, 0.25) is 0 Å². The number of imide groups is 1. The molecule has 0 aliphatic carbocycles. The van der Waals surface area contributed by atoms with Crippen LogP contribution in [0.5, 0.6) is 0 Å². The molecule has 2 aromatic carbocycles. The van der Waals surface area contributed by atoms with Crippen molar-refractivity contribution in [3.63, 3.8) is 0 Å². The molecule has 168 valence electrons. The molecule has 7 heteroatoms. The van der Waals surface area contributed by atoms with E-state index in [9.17, 15) is 14.4 Å². The zero-order valence-corrected chi connectivity index (χ0v) is 18.8. The Morgan fingerprint density at radius 2 is 1.78 bits per heavy atom. The quantitative estimate of drug-likeness (QED) is 0.625. The highest BCUT2D eigenvalue weighted by atomic mass is 16.5. The molecule has 4 rings (SSSR count). The largest absolute Gasteiger partial charge is 0.378 e. The molecule has 0 saturated carbocycles. The van der Waals surface area contributed by atoms with E-state index in [1.54, 1.807) is 23.1 Å². The van der Waals surface area contributed by atoms with Gasteiger partial charge in [0.15, 0.2) is 0 Å². The van der Waals surface area contributed by atoms with Crippen LogP contribution in [0.1, 0.15) is 56.4 Å². The van der Waals surface area contributed by atoms with E-state index in [-0.39, 0.29) is 30.4 Å². The first-order chi connectivity index (χ1) is 15.4. The van der Waals surface area contributed by atoms with E-state index in [4.69, 9.17) is 4.74 Å². The van der Waals surface area contributed by atoms with E-state index < -0.39 is 0 Å². The van der Waals surface area contributed by atoms with Gasteiger partial charge in [0.05, 0.1) is 23.8 Å². The minimum Gasteiger partial charge on any atom is -0.378 e. The summed E-state index contributed by atoms with van der Waals surface area (Å²) in [6, 6.07) is 12.9.